The zero-order valence-electron chi connectivity index (χ0n) is 11.5. The molecule has 102 valence electrons. The van der Waals surface area contributed by atoms with Gasteiger partial charge in [0.25, 0.3) is 0 Å². The van der Waals surface area contributed by atoms with Crippen LogP contribution in [0.25, 0.3) is 0 Å². The maximum Gasteiger partial charge on any atom is 0.146 e. The second-order valence-corrected chi connectivity index (χ2v) is 5.06. The van der Waals surface area contributed by atoms with E-state index in [4.69, 9.17) is 11.6 Å². The van der Waals surface area contributed by atoms with Crippen molar-refractivity contribution in [1.82, 2.24) is 5.32 Å². The van der Waals surface area contributed by atoms with Gasteiger partial charge in [-0.1, -0.05) is 57.3 Å². The number of hydrogen-bond acceptors (Lipinski definition) is 1. The highest BCUT2D eigenvalue weighted by molar-refractivity contribution is 6.30. The third-order valence-corrected chi connectivity index (χ3v) is 3.74. The molecule has 1 nitrogen and oxygen atoms in total. The Morgan fingerprint density at radius 3 is 2.44 bits per heavy atom. The molecule has 0 amide bonds. The van der Waals surface area contributed by atoms with Gasteiger partial charge >= 0.3 is 0 Å². The van der Waals surface area contributed by atoms with Crippen molar-refractivity contribution < 1.29 is 4.39 Å². The minimum Gasteiger partial charge on any atom is -0.310 e. The SMILES string of the molecule is CCCNC(c1cccc(Cl)c1F)C(CC)CC. The maximum atomic E-state index is 14.1. The van der Waals surface area contributed by atoms with Gasteiger partial charge in [0.2, 0.25) is 0 Å². The molecular formula is C15H23ClFN. The molecule has 1 N–H and O–H groups in total. The number of nitrogens with one attached hydrogen (secondary N) is 1. The van der Waals surface area contributed by atoms with Crippen LogP contribution in [-0.4, -0.2) is 6.54 Å². The fourth-order valence-electron chi connectivity index (χ4n) is 2.35. The van der Waals surface area contributed by atoms with Gasteiger partial charge in [-0.2, -0.15) is 0 Å². The van der Waals surface area contributed by atoms with E-state index in [-0.39, 0.29) is 16.9 Å². The summed E-state index contributed by atoms with van der Waals surface area (Å²) in [6.45, 7) is 7.31. The average molecular weight is 272 g/mol. The number of benzene rings is 1. The van der Waals surface area contributed by atoms with Crippen LogP contribution in [0.5, 0.6) is 0 Å². The zero-order chi connectivity index (χ0) is 13.5. The van der Waals surface area contributed by atoms with Gasteiger partial charge in [-0.05, 0) is 24.9 Å². The Balaban J connectivity index is 3.04. The van der Waals surface area contributed by atoms with Crippen LogP contribution in [0.4, 0.5) is 4.39 Å². The van der Waals surface area contributed by atoms with E-state index in [2.05, 4.69) is 26.1 Å². The second kappa shape index (κ2) is 7.75. The molecule has 3 heteroatoms. The summed E-state index contributed by atoms with van der Waals surface area (Å²) in [5.74, 6) is 0.157. The van der Waals surface area contributed by atoms with Crippen LogP contribution in [0.2, 0.25) is 5.02 Å². The molecule has 0 radical (unpaired) electrons. The summed E-state index contributed by atoms with van der Waals surface area (Å²) >= 11 is 5.88. The van der Waals surface area contributed by atoms with Gasteiger partial charge < -0.3 is 5.32 Å². The lowest BCUT2D eigenvalue weighted by atomic mass is 9.88. The minimum absolute atomic E-state index is 0.0543. The average Bonchev–Trinajstić information content (AvgIpc) is 2.38. The molecule has 0 aliphatic rings. The standard InChI is InChI=1S/C15H23ClFN/c1-4-10-18-15(11(5-2)6-3)12-8-7-9-13(16)14(12)17/h7-9,11,15,18H,4-6,10H2,1-3H3. The van der Waals surface area contributed by atoms with Crippen molar-refractivity contribution in [3.63, 3.8) is 0 Å². The summed E-state index contributed by atoms with van der Waals surface area (Å²) < 4.78 is 14.1. The summed E-state index contributed by atoms with van der Waals surface area (Å²) in [6, 6.07) is 5.32. The first-order chi connectivity index (χ1) is 8.65. The third-order valence-electron chi connectivity index (χ3n) is 3.45. The van der Waals surface area contributed by atoms with E-state index in [1.807, 2.05) is 12.1 Å². The normalized spacial score (nSPS) is 13.0. The van der Waals surface area contributed by atoms with E-state index >= 15 is 0 Å². The molecule has 0 saturated carbocycles. The highest BCUT2D eigenvalue weighted by atomic mass is 35.5. The zero-order valence-corrected chi connectivity index (χ0v) is 12.2. The van der Waals surface area contributed by atoms with Crippen molar-refractivity contribution in [1.29, 1.82) is 0 Å². The van der Waals surface area contributed by atoms with Crippen LogP contribution >= 0.6 is 11.6 Å². The summed E-state index contributed by atoms with van der Waals surface area (Å²) in [5.41, 5.74) is 0.699. The molecule has 0 bridgehead atoms. The molecule has 0 spiro atoms. The molecular weight excluding hydrogens is 249 g/mol. The number of hydrogen-bond donors (Lipinski definition) is 1. The van der Waals surface area contributed by atoms with Crippen molar-refractivity contribution in [3.05, 3.63) is 34.6 Å². The highest BCUT2D eigenvalue weighted by Gasteiger charge is 2.23. The van der Waals surface area contributed by atoms with E-state index in [0.717, 1.165) is 25.8 Å². The first-order valence-electron chi connectivity index (χ1n) is 6.82. The minimum atomic E-state index is -0.278. The van der Waals surface area contributed by atoms with Crippen molar-refractivity contribution >= 4 is 11.6 Å². The number of halogens is 2. The van der Waals surface area contributed by atoms with Gasteiger partial charge in [0, 0.05) is 11.6 Å². The summed E-state index contributed by atoms with van der Waals surface area (Å²) in [5, 5.41) is 3.67. The van der Waals surface area contributed by atoms with Crippen molar-refractivity contribution in [2.45, 2.75) is 46.1 Å². The molecule has 1 rings (SSSR count). The first kappa shape index (κ1) is 15.5. The Bertz CT molecular complexity index is 364. The Morgan fingerprint density at radius 2 is 1.89 bits per heavy atom. The summed E-state index contributed by atoms with van der Waals surface area (Å²) in [6.07, 6.45) is 3.10. The topological polar surface area (TPSA) is 12.0 Å². The molecule has 1 atom stereocenters. The van der Waals surface area contributed by atoms with E-state index in [0.29, 0.717) is 11.5 Å². The molecule has 1 aromatic carbocycles. The van der Waals surface area contributed by atoms with Crippen molar-refractivity contribution in [3.8, 4) is 0 Å². The predicted molar refractivity (Wildman–Crippen MR) is 76.5 cm³/mol. The van der Waals surface area contributed by atoms with E-state index in [1.54, 1.807) is 6.07 Å². The first-order valence-corrected chi connectivity index (χ1v) is 7.20. The second-order valence-electron chi connectivity index (χ2n) is 4.65. The summed E-state index contributed by atoms with van der Waals surface area (Å²) in [7, 11) is 0. The molecule has 1 unspecified atom stereocenters. The van der Waals surface area contributed by atoms with Gasteiger partial charge in [-0.3, -0.25) is 0 Å². The van der Waals surface area contributed by atoms with E-state index < -0.39 is 0 Å². The van der Waals surface area contributed by atoms with Gasteiger partial charge in [0.05, 0.1) is 5.02 Å². The van der Waals surface area contributed by atoms with Crippen molar-refractivity contribution in [2.75, 3.05) is 6.54 Å². The fourth-order valence-corrected chi connectivity index (χ4v) is 2.53. The van der Waals surface area contributed by atoms with Crippen LogP contribution in [0.15, 0.2) is 18.2 Å². The monoisotopic (exact) mass is 271 g/mol. The van der Waals surface area contributed by atoms with Crippen molar-refractivity contribution in [2.24, 2.45) is 5.92 Å². The Labute approximate surface area is 115 Å². The van der Waals surface area contributed by atoms with Crippen LogP contribution in [-0.2, 0) is 0 Å². The third kappa shape index (κ3) is 3.69. The molecule has 1 aromatic rings. The Kier molecular flexibility index (Phi) is 6.66. The molecule has 18 heavy (non-hydrogen) atoms. The quantitative estimate of drug-likeness (QED) is 0.739. The van der Waals surface area contributed by atoms with E-state index in [1.165, 1.54) is 0 Å². The number of rotatable bonds is 7. The van der Waals surface area contributed by atoms with Gasteiger partial charge in [0.15, 0.2) is 0 Å². The molecule has 0 heterocycles. The molecule has 0 fully saturated rings. The van der Waals surface area contributed by atoms with E-state index in [9.17, 15) is 4.39 Å². The lowest BCUT2D eigenvalue weighted by Crippen LogP contribution is -2.29. The van der Waals surface area contributed by atoms with Crippen LogP contribution in [0, 0.1) is 11.7 Å². The molecule has 0 aliphatic carbocycles. The van der Waals surface area contributed by atoms with Crippen LogP contribution in [0.3, 0.4) is 0 Å². The predicted octanol–water partition coefficient (Wildman–Crippen LogP) is 4.96. The molecule has 0 aromatic heterocycles. The van der Waals surface area contributed by atoms with Crippen LogP contribution in [0.1, 0.15) is 51.6 Å². The smallest absolute Gasteiger partial charge is 0.146 e. The summed E-state index contributed by atoms with van der Waals surface area (Å²) in [4.78, 5) is 0. The molecule has 0 aliphatic heterocycles. The maximum absolute atomic E-state index is 14.1. The van der Waals surface area contributed by atoms with Gasteiger partial charge in [-0.15, -0.1) is 0 Å². The fraction of sp³-hybridized carbons (Fsp3) is 0.600. The lowest BCUT2D eigenvalue weighted by molar-refractivity contribution is 0.333. The highest BCUT2D eigenvalue weighted by Crippen LogP contribution is 2.31. The Hall–Kier alpha value is -0.600. The molecule has 0 saturated heterocycles. The van der Waals surface area contributed by atoms with Crippen LogP contribution < -0.4 is 5.32 Å². The Morgan fingerprint density at radius 1 is 1.22 bits per heavy atom. The largest absolute Gasteiger partial charge is 0.310 e. The van der Waals surface area contributed by atoms with Gasteiger partial charge in [0.1, 0.15) is 5.82 Å². The lowest BCUT2D eigenvalue weighted by Gasteiger charge is -2.27. The van der Waals surface area contributed by atoms with Gasteiger partial charge in [-0.25, -0.2) is 4.39 Å².